The van der Waals surface area contributed by atoms with Gasteiger partial charge in [0.1, 0.15) is 5.84 Å². The predicted molar refractivity (Wildman–Crippen MR) is 155 cm³/mol. The van der Waals surface area contributed by atoms with Crippen molar-refractivity contribution in [3.8, 4) is 0 Å². The van der Waals surface area contributed by atoms with E-state index < -0.39 is 0 Å². The average molecular weight is 511 g/mol. The molecule has 1 saturated heterocycles. The number of hydrogen-bond acceptors (Lipinski definition) is 6. The molecule has 0 unspecified atom stereocenters. The van der Waals surface area contributed by atoms with Crippen molar-refractivity contribution >= 4 is 51.5 Å². The zero-order chi connectivity index (χ0) is 25.5. The number of thiophene rings is 1. The second kappa shape index (κ2) is 11.7. The number of rotatable bonds is 8. The second-order valence-electron chi connectivity index (χ2n) is 8.90. The van der Waals surface area contributed by atoms with Crippen molar-refractivity contribution < 1.29 is 4.79 Å². The molecule has 4 aromatic rings. The van der Waals surface area contributed by atoms with Gasteiger partial charge in [0.25, 0.3) is 0 Å². The molecule has 1 aliphatic heterocycles. The van der Waals surface area contributed by atoms with Crippen LogP contribution in [0.15, 0.2) is 96.4 Å². The largest absolute Gasteiger partial charge is 0.369 e. The number of para-hydroxylation sites is 1. The maximum atomic E-state index is 12.6. The van der Waals surface area contributed by atoms with E-state index in [9.17, 15) is 4.79 Å². The molecule has 7 nitrogen and oxygen atoms in total. The van der Waals surface area contributed by atoms with Crippen molar-refractivity contribution in [1.82, 2.24) is 4.90 Å². The molecule has 1 aromatic heterocycles. The number of nitrogens with zero attached hydrogens (tertiary/aromatic N) is 2. The van der Waals surface area contributed by atoms with Gasteiger partial charge in [-0.05, 0) is 72.1 Å². The Morgan fingerprint density at radius 1 is 0.730 bits per heavy atom. The molecule has 5 rings (SSSR count). The molecule has 1 amide bonds. The lowest BCUT2D eigenvalue weighted by atomic mass is 10.2. The van der Waals surface area contributed by atoms with Crippen LogP contribution in [0.1, 0.15) is 4.88 Å². The number of piperazine rings is 1. The van der Waals surface area contributed by atoms with E-state index in [2.05, 4.69) is 37.9 Å². The molecule has 4 N–H and O–H groups in total. The number of anilines is 5. The van der Waals surface area contributed by atoms with E-state index in [0.29, 0.717) is 12.4 Å². The number of carbonyl (C=O) groups excluding carboxylic acids is 1. The minimum absolute atomic E-state index is 0.000773. The summed E-state index contributed by atoms with van der Waals surface area (Å²) in [4.78, 5) is 18.1. The zero-order valence-electron chi connectivity index (χ0n) is 20.5. The van der Waals surface area contributed by atoms with Crippen molar-refractivity contribution in [2.45, 2.75) is 0 Å². The molecule has 3 aromatic carbocycles. The summed E-state index contributed by atoms with van der Waals surface area (Å²) >= 11 is 1.55. The Hall–Kier alpha value is -4.14. The lowest BCUT2D eigenvalue weighted by Crippen LogP contribution is -2.48. The first-order chi connectivity index (χ1) is 18.1. The smallest absolute Gasteiger partial charge is 0.238 e. The van der Waals surface area contributed by atoms with Gasteiger partial charge in [-0.2, -0.15) is 0 Å². The fourth-order valence-corrected chi connectivity index (χ4v) is 4.90. The summed E-state index contributed by atoms with van der Waals surface area (Å²) in [5.74, 6) is 0.412. The maximum absolute atomic E-state index is 12.6. The highest BCUT2D eigenvalue weighted by atomic mass is 32.1. The lowest BCUT2D eigenvalue weighted by Gasteiger charge is -2.35. The van der Waals surface area contributed by atoms with Gasteiger partial charge in [0, 0.05) is 54.6 Å². The van der Waals surface area contributed by atoms with Crippen molar-refractivity contribution in [2.24, 2.45) is 0 Å². The molecule has 0 spiro atoms. The Bertz CT molecular complexity index is 1300. The van der Waals surface area contributed by atoms with Crippen molar-refractivity contribution in [3.63, 3.8) is 0 Å². The molecular formula is C29H30N6OS. The van der Waals surface area contributed by atoms with Gasteiger partial charge in [0.2, 0.25) is 5.91 Å². The summed E-state index contributed by atoms with van der Waals surface area (Å²) in [6.07, 6.45) is 0. The summed E-state index contributed by atoms with van der Waals surface area (Å²) in [7, 11) is 0. The minimum Gasteiger partial charge on any atom is -0.369 e. The van der Waals surface area contributed by atoms with E-state index in [1.165, 1.54) is 0 Å². The monoisotopic (exact) mass is 510 g/mol. The number of amides is 1. The Kier molecular flexibility index (Phi) is 7.78. The minimum atomic E-state index is 0.000773. The molecule has 1 aliphatic rings. The fourth-order valence-electron chi connectivity index (χ4n) is 4.28. The van der Waals surface area contributed by atoms with Crippen LogP contribution in [0.2, 0.25) is 0 Å². The molecule has 0 atom stereocenters. The van der Waals surface area contributed by atoms with Gasteiger partial charge in [-0.1, -0.05) is 24.3 Å². The SMILES string of the molecule is N=C(Nc1ccc(N2CCN(CC(=O)Nc3ccc(Nc4ccccc4)cc3)CC2)cc1)c1cccs1. The molecular weight excluding hydrogens is 480 g/mol. The Balaban J connectivity index is 1.05. The lowest BCUT2D eigenvalue weighted by molar-refractivity contribution is -0.117. The van der Waals surface area contributed by atoms with Crippen LogP contribution in [0.4, 0.5) is 28.4 Å². The number of benzene rings is 3. The zero-order valence-corrected chi connectivity index (χ0v) is 21.3. The van der Waals surface area contributed by atoms with Crippen LogP contribution >= 0.6 is 11.3 Å². The topological polar surface area (TPSA) is 83.5 Å². The molecule has 37 heavy (non-hydrogen) atoms. The van der Waals surface area contributed by atoms with Crippen LogP contribution in [0.3, 0.4) is 0 Å². The van der Waals surface area contributed by atoms with Gasteiger partial charge in [-0.3, -0.25) is 15.1 Å². The highest BCUT2D eigenvalue weighted by Crippen LogP contribution is 2.21. The first-order valence-electron chi connectivity index (χ1n) is 12.3. The third-order valence-corrected chi connectivity index (χ3v) is 7.13. The highest BCUT2D eigenvalue weighted by Gasteiger charge is 2.19. The number of nitrogens with one attached hydrogen (secondary N) is 4. The van der Waals surface area contributed by atoms with Crippen molar-refractivity contribution in [2.75, 3.05) is 53.6 Å². The number of amidine groups is 1. The molecule has 0 bridgehead atoms. The third-order valence-electron chi connectivity index (χ3n) is 6.24. The molecule has 0 radical (unpaired) electrons. The second-order valence-corrected chi connectivity index (χ2v) is 9.85. The van der Waals surface area contributed by atoms with Crippen LogP contribution in [-0.2, 0) is 4.79 Å². The third kappa shape index (κ3) is 6.75. The number of hydrogen-bond donors (Lipinski definition) is 4. The number of carbonyl (C=O) groups is 1. The Morgan fingerprint density at radius 2 is 1.35 bits per heavy atom. The van der Waals surface area contributed by atoms with Gasteiger partial charge < -0.3 is 20.9 Å². The molecule has 0 saturated carbocycles. The van der Waals surface area contributed by atoms with E-state index in [1.807, 2.05) is 84.2 Å². The van der Waals surface area contributed by atoms with Crippen LogP contribution in [0.5, 0.6) is 0 Å². The van der Waals surface area contributed by atoms with E-state index >= 15 is 0 Å². The van der Waals surface area contributed by atoms with Gasteiger partial charge in [-0.25, -0.2) is 0 Å². The van der Waals surface area contributed by atoms with Gasteiger partial charge in [0.05, 0.1) is 11.4 Å². The summed E-state index contributed by atoms with van der Waals surface area (Å²) < 4.78 is 0. The fraction of sp³-hybridized carbons (Fsp3) is 0.172. The summed E-state index contributed by atoms with van der Waals surface area (Å²) in [5.41, 5.74) is 4.86. The van der Waals surface area contributed by atoms with Crippen molar-refractivity contribution in [1.29, 1.82) is 5.41 Å². The molecule has 8 heteroatoms. The van der Waals surface area contributed by atoms with Gasteiger partial charge in [0.15, 0.2) is 0 Å². The van der Waals surface area contributed by atoms with E-state index in [-0.39, 0.29) is 5.91 Å². The van der Waals surface area contributed by atoms with Crippen LogP contribution < -0.4 is 20.9 Å². The van der Waals surface area contributed by atoms with Crippen LogP contribution in [-0.4, -0.2) is 49.4 Å². The van der Waals surface area contributed by atoms with E-state index in [1.54, 1.807) is 11.3 Å². The van der Waals surface area contributed by atoms with Gasteiger partial charge in [-0.15, -0.1) is 11.3 Å². The summed E-state index contributed by atoms with van der Waals surface area (Å²) in [5, 5.41) is 19.7. The molecule has 0 aliphatic carbocycles. The molecule has 1 fully saturated rings. The van der Waals surface area contributed by atoms with E-state index in [0.717, 1.165) is 59.5 Å². The summed E-state index contributed by atoms with van der Waals surface area (Å²) in [6.45, 7) is 3.77. The maximum Gasteiger partial charge on any atom is 0.238 e. The normalized spacial score (nSPS) is 13.7. The predicted octanol–water partition coefficient (Wildman–Crippen LogP) is 5.69. The first kappa shape index (κ1) is 24.5. The standard InChI is InChI=1S/C29H30N6OS/c30-29(27-7-4-20-37-27)33-25-12-14-26(15-13-25)35-18-16-34(17-19-35)21-28(36)32-24-10-8-23(9-11-24)31-22-5-2-1-3-6-22/h1-15,20,31H,16-19,21H2,(H2,30,33)(H,32,36). The highest BCUT2D eigenvalue weighted by molar-refractivity contribution is 7.12. The Labute approximate surface area is 221 Å². The van der Waals surface area contributed by atoms with Crippen molar-refractivity contribution in [3.05, 3.63) is 101 Å². The Morgan fingerprint density at radius 3 is 2.03 bits per heavy atom. The quantitative estimate of drug-likeness (QED) is 0.181. The molecule has 188 valence electrons. The molecule has 2 heterocycles. The van der Waals surface area contributed by atoms with Crippen LogP contribution in [0.25, 0.3) is 0 Å². The summed E-state index contributed by atoms with van der Waals surface area (Å²) in [6, 6.07) is 29.9. The van der Waals surface area contributed by atoms with Crippen LogP contribution in [0, 0.1) is 5.41 Å². The average Bonchev–Trinajstić information content (AvgIpc) is 3.47. The van der Waals surface area contributed by atoms with Gasteiger partial charge >= 0.3 is 0 Å². The van der Waals surface area contributed by atoms with E-state index in [4.69, 9.17) is 5.41 Å². The first-order valence-corrected chi connectivity index (χ1v) is 13.2.